The lowest BCUT2D eigenvalue weighted by Crippen LogP contribution is -2.16. The van der Waals surface area contributed by atoms with Crippen LogP contribution in [0.25, 0.3) is 11.0 Å². The van der Waals surface area contributed by atoms with Crippen molar-refractivity contribution >= 4 is 16.9 Å². The molecule has 7 nitrogen and oxygen atoms in total. The number of rotatable bonds is 5. The normalized spacial score (nSPS) is 18.2. The predicted molar refractivity (Wildman–Crippen MR) is 80.7 cm³/mol. The van der Waals surface area contributed by atoms with E-state index in [1.165, 1.54) is 0 Å². The van der Waals surface area contributed by atoms with Gasteiger partial charge in [-0.1, -0.05) is 0 Å². The van der Waals surface area contributed by atoms with Crippen molar-refractivity contribution in [3.05, 3.63) is 17.8 Å². The number of hydrogen-bond donors (Lipinski definition) is 1. The molecule has 7 heteroatoms. The fraction of sp³-hybridized carbons (Fsp3) is 0.533. The van der Waals surface area contributed by atoms with Crippen molar-refractivity contribution in [1.29, 1.82) is 0 Å². The van der Waals surface area contributed by atoms with Crippen molar-refractivity contribution < 1.29 is 14.3 Å². The summed E-state index contributed by atoms with van der Waals surface area (Å²) >= 11 is 0. The maximum Gasteiger partial charge on any atom is 0.254 e. The van der Waals surface area contributed by atoms with E-state index in [-0.39, 0.29) is 17.5 Å². The lowest BCUT2D eigenvalue weighted by molar-refractivity contribution is 0.0993. The van der Waals surface area contributed by atoms with Crippen molar-refractivity contribution in [3.63, 3.8) is 0 Å². The Balaban J connectivity index is 1.94. The molecule has 1 amide bonds. The zero-order valence-corrected chi connectivity index (χ0v) is 12.8. The van der Waals surface area contributed by atoms with E-state index < -0.39 is 5.91 Å². The number of carbonyl (C=O) groups is 1. The van der Waals surface area contributed by atoms with Crippen molar-refractivity contribution in [2.45, 2.75) is 32.9 Å². The molecule has 3 rings (SSSR count). The van der Waals surface area contributed by atoms with E-state index in [0.29, 0.717) is 11.6 Å². The SMILES string of the molecule is CC(C)Oc1nc2nn(CC3CCOC3)cc2cc1C(N)=O. The summed E-state index contributed by atoms with van der Waals surface area (Å²) in [6.45, 7) is 6.09. The molecule has 22 heavy (non-hydrogen) atoms. The number of aromatic nitrogens is 3. The van der Waals surface area contributed by atoms with Crippen LogP contribution in [0.4, 0.5) is 0 Å². The van der Waals surface area contributed by atoms with Gasteiger partial charge in [-0.05, 0) is 26.3 Å². The van der Waals surface area contributed by atoms with Crippen LogP contribution >= 0.6 is 0 Å². The molecule has 1 unspecified atom stereocenters. The molecular weight excluding hydrogens is 284 g/mol. The first-order valence-electron chi connectivity index (χ1n) is 7.45. The lowest BCUT2D eigenvalue weighted by atomic mass is 10.1. The van der Waals surface area contributed by atoms with Crippen LogP contribution in [0.1, 0.15) is 30.6 Å². The van der Waals surface area contributed by atoms with E-state index in [1.807, 2.05) is 24.7 Å². The van der Waals surface area contributed by atoms with Crippen LogP contribution in [-0.4, -0.2) is 40.0 Å². The summed E-state index contributed by atoms with van der Waals surface area (Å²) in [7, 11) is 0. The highest BCUT2D eigenvalue weighted by Gasteiger charge is 2.19. The van der Waals surface area contributed by atoms with Gasteiger partial charge in [-0.15, -0.1) is 0 Å². The topological polar surface area (TPSA) is 92.3 Å². The van der Waals surface area contributed by atoms with E-state index in [4.69, 9.17) is 15.2 Å². The predicted octanol–water partition coefficient (Wildman–Crippen LogP) is 1.35. The first-order valence-corrected chi connectivity index (χ1v) is 7.45. The molecule has 3 heterocycles. The molecule has 1 fully saturated rings. The zero-order valence-electron chi connectivity index (χ0n) is 12.8. The van der Waals surface area contributed by atoms with Gasteiger partial charge in [-0.3, -0.25) is 9.48 Å². The summed E-state index contributed by atoms with van der Waals surface area (Å²) in [5.41, 5.74) is 6.26. The minimum atomic E-state index is -0.554. The quantitative estimate of drug-likeness (QED) is 0.900. The molecule has 0 radical (unpaired) electrons. The third-order valence-corrected chi connectivity index (χ3v) is 3.59. The number of ether oxygens (including phenoxy) is 2. The molecule has 2 aromatic heterocycles. The molecule has 1 aliphatic rings. The smallest absolute Gasteiger partial charge is 0.254 e. The zero-order chi connectivity index (χ0) is 15.7. The van der Waals surface area contributed by atoms with Gasteiger partial charge in [-0.25, -0.2) is 0 Å². The number of nitrogens with zero attached hydrogens (tertiary/aromatic N) is 3. The molecule has 0 spiro atoms. The summed E-state index contributed by atoms with van der Waals surface area (Å²) in [5.74, 6) is 0.155. The molecule has 0 bridgehead atoms. The molecule has 0 aromatic carbocycles. The highest BCUT2D eigenvalue weighted by molar-refractivity contribution is 5.98. The highest BCUT2D eigenvalue weighted by atomic mass is 16.5. The number of pyridine rings is 1. The van der Waals surface area contributed by atoms with Gasteiger partial charge in [0.05, 0.1) is 12.7 Å². The van der Waals surface area contributed by atoms with E-state index in [0.717, 1.165) is 31.6 Å². The van der Waals surface area contributed by atoms with Crippen LogP contribution in [0.15, 0.2) is 12.3 Å². The van der Waals surface area contributed by atoms with E-state index in [2.05, 4.69) is 10.1 Å². The van der Waals surface area contributed by atoms with Crippen LogP contribution in [-0.2, 0) is 11.3 Å². The minimum absolute atomic E-state index is 0.0965. The Morgan fingerprint density at radius 1 is 1.59 bits per heavy atom. The van der Waals surface area contributed by atoms with E-state index in [1.54, 1.807) is 6.07 Å². The summed E-state index contributed by atoms with van der Waals surface area (Å²) in [5, 5.41) is 5.24. The van der Waals surface area contributed by atoms with Crippen LogP contribution in [0.5, 0.6) is 5.88 Å². The van der Waals surface area contributed by atoms with Gasteiger partial charge in [0, 0.05) is 30.7 Å². The first kappa shape index (κ1) is 14.8. The molecule has 1 atom stereocenters. The lowest BCUT2D eigenvalue weighted by Gasteiger charge is -2.10. The first-order chi connectivity index (χ1) is 10.5. The Hall–Kier alpha value is -2.15. The summed E-state index contributed by atoms with van der Waals surface area (Å²) in [4.78, 5) is 15.9. The minimum Gasteiger partial charge on any atom is -0.474 e. The summed E-state index contributed by atoms with van der Waals surface area (Å²) < 4.78 is 12.8. The van der Waals surface area contributed by atoms with Gasteiger partial charge in [0.2, 0.25) is 5.88 Å². The third kappa shape index (κ3) is 3.04. The Bertz CT molecular complexity index is 689. The van der Waals surface area contributed by atoms with Gasteiger partial charge in [0.15, 0.2) is 5.65 Å². The Kier molecular flexibility index (Phi) is 3.98. The number of carbonyl (C=O) groups excluding carboxylic acids is 1. The number of amides is 1. The number of hydrogen-bond acceptors (Lipinski definition) is 5. The van der Waals surface area contributed by atoms with Crippen LogP contribution < -0.4 is 10.5 Å². The Labute approximate surface area is 128 Å². The molecule has 2 aromatic rings. The summed E-state index contributed by atoms with van der Waals surface area (Å²) in [6.07, 6.45) is 2.82. The second kappa shape index (κ2) is 5.92. The molecule has 1 saturated heterocycles. The molecule has 0 saturated carbocycles. The van der Waals surface area contributed by atoms with Crippen molar-refractivity contribution in [3.8, 4) is 5.88 Å². The van der Waals surface area contributed by atoms with E-state index in [9.17, 15) is 4.79 Å². The largest absolute Gasteiger partial charge is 0.474 e. The van der Waals surface area contributed by atoms with E-state index >= 15 is 0 Å². The molecule has 2 N–H and O–H groups in total. The van der Waals surface area contributed by atoms with Crippen molar-refractivity contribution in [2.24, 2.45) is 11.7 Å². The maximum absolute atomic E-state index is 11.6. The average molecular weight is 304 g/mol. The second-order valence-corrected chi connectivity index (χ2v) is 5.87. The second-order valence-electron chi connectivity index (χ2n) is 5.87. The third-order valence-electron chi connectivity index (χ3n) is 3.59. The molecule has 1 aliphatic heterocycles. The number of fused-ring (bicyclic) bond motifs is 1. The van der Waals surface area contributed by atoms with Gasteiger partial charge >= 0.3 is 0 Å². The fourth-order valence-electron chi connectivity index (χ4n) is 2.56. The van der Waals surface area contributed by atoms with Gasteiger partial charge in [0.1, 0.15) is 5.56 Å². The van der Waals surface area contributed by atoms with Gasteiger partial charge in [-0.2, -0.15) is 10.1 Å². The van der Waals surface area contributed by atoms with Crippen LogP contribution in [0.3, 0.4) is 0 Å². The number of nitrogens with two attached hydrogens (primary N) is 1. The average Bonchev–Trinajstić information content (AvgIpc) is 3.05. The van der Waals surface area contributed by atoms with Crippen molar-refractivity contribution in [1.82, 2.24) is 14.8 Å². The molecule has 118 valence electrons. The van der Waals surface area contributed by atoms with Crippen LogP contribution in [0, 0.1) is 5.92 Å². The highest BCUT2D eigenvalue weighted by Crippen LogP contribution is 2.23. The number of primary amides is 1. The Morgan fingerprint density at radius 2 is 2.41 bits per heavy atom. The molecule has 0 aliphatic carbocycles. The maximum atomic E-state index is 11.6. The Morgan fingerprint density at radius 3 is 3.05 bits per heavy atom. The fourth-order valence-corrected chi connectivity index (χ4v) is 2.56. The molecular formula is C15H20N4O3. The summed E-state index contributed by atoms with van der Waals surface area (Å²) in [6, 6.07) is 1.69. The van der Waals surface area contributed by atoms with Gasteiger partial charge < -0.3 is 15.2 Å². The standard InChI is InChI=1S/C15H20N4O3/c1-9(2)22-15-12(13(16)20)5-11-7-19(18-14(11)17-15)6-10-3-4-21-8-10/h5,7,9-10H,3-4,6,8H2,1-2H3,(H2,16,20). The van der Waals surface area contributed by atoms with Crippen LogP contribution in [0.2, 0.25) is 0 Å². The monoisotopic (exact) mass is 304 g/mol. The van der Waals surface area contributed by atoms with Crippen molar-refractivity contribution in [2.75, 3.05) is 13.2 Å². The van der Waals surface area contributed by atoms with Gasteiger partial charge in [0.25, 0.3) is 5.91 Å².